The average molecular weight is 275 g/mol. The quantitative estimate of drug-likeness (QED) is 0.628. The van der Waals surface area contributed by atoms with E-state index in [1.54, 1.807) is 12.1 Å². The number of amides is 1. The molecule has 1 aromatic rings. The molecule has 104 valence electrons. The Hall–Kier alpha value is -1.99. The van der Waals surface area contributed by atoms with Gasteiger partial charge in [-0.3, -0.25) is 4.79 Å². The van der Waals surface area contributed by atoms with Gasteiger partial charge in [-0.15, -0.1) is 0 Å². The lowest BCUT2D eigenvalue weighted by Gasteiger charge is -2.25. The van der Waals surface area contributed by atoms with E-state index < -0.39 is 24.6 Å². The van der Waals surface area contributed by atoms with E-state index in [-0.39, 0.29) is 12.8 Å². The molecule has 7 heteroatoms. The van der Waals surface area contributed by atoms with Crippen molar-refractivity contribution in [2.24, 2.45) is 0 Å². The van der Waals surface area contributed by atoms with E-state index in [1.165, 1.54) is 0 Å². The molecule has 2 fully saturated rings. The highest BCUT2D eigenvalue weighted by Gasteiger charge is 2.68. The van der Waals surface area contributed by atoms with E-state index in [2.05, 4.69) is 5.32 Å². The minimum Gasteiger partial charge on any atom is -0.617 e. The molecule has 0 aromatic heterocycles. The second kappa shape index (κ2) is 4.54. The van der Waals surface area contributed by atoms with Crippen molar-refractivity contribution in [3.8, 4) is 0 Å². The molecule has 0 bridgehead atoms. The van der Waals surface area contributed by atoms with Crippen LogP contribution >= 0.6 is 0 Å². The van der Waals surface area contributed by atoms with Gasteiger partial charge in [0.25, 0.3) is 0 Å². The van der Waals surface area contributed by atoms with Gasteiger partial charge in [-0.25, -0.2) is 0 Å². The van der Waals surface area contributed by atoms with Gasteiger partial charge in [0.2, 0.25) is 0 Å². The topological polar surface area (TPSA) is 84.9 Å². The number of carbonyl (C=O) groups is 2. The Morgan fingerprint density at radius 1 is 1.50 bits per heavy atom. The van der Waals surface area contributed by atoms with Crippen LogP contribution in [0.4, 0.5) is 10.5 Å². The molecule has 6 nitrogen and oxygen atoms in total. The summed E-state index contributed by atoms with van der Waals surface area (Å²) >= 11 is 0. The van der Waals surface area contributed by atoms with Crippen molar-refractivity contribution in [3.05, 3.63) is 35.6 Å². The van der Waals surface area contributed by atoms with Gasteiger partial charge < -0.3 is 24.5 Å². The van der Waals surface area contributed by atoms with E-state index in [0.29, 0.717) is 11.5 Å². The van der Waals surface area contributed by atoms with Crippen LogP contribution in [0.3, 0.4) is 0 Å². The summed E-state index contributed by atoms with van der Waals surface area (Å²) in [6.07, 6.45) is -0.911. The molecule has 2 aliphatic heterocycles. The van der Waals surface area contributed by atoms with Crippen LogP contribution < -0.4 is 5.32 Å². The Morgan fingerprint density at radius 2 is 2.25 bits per heavy atom. The lowest BCUT2D eigenvalue weighted by atomic mass is 9.48. The maximum atomic E-state index is 12.4. The third-order valence-corrected chi connectivity index (χ3v) is 3.74. The highest BCUT2D eigenvalue weighted by Crippen LogP contribution is 2.42. The van der Waals surface area contributed by atoms with Crippen LogP contribution in [0, 0.1) is 12.7 Å². The zero-order chi connectivity index (χ0) is 14.3. The Morgan fingerprint density at radius 3 is 3.00 bits per heavy atom. The summed E-state index contributed by atoms with van der Waals surface area (Å²) in [4.78, 5) is 23.9. The molecule has 2 saturated heterocycles. The van der Waals surface area contributed by atoms with Crippen LogP contribution in [-0.4, -0.2) is 29.7 Å². The molecule has 2 aliphatic rings. The summed E-state index contributed by atoms with van der Waals surface area (Å²) < 4.78 is 10.4. The first-order chi connectivity index (χ1) is 9.51. The molecule has 2 atom stereocenters. The number of aryl methyl sites for hydroxylation is 1. The van der Waals surface area contributed by atoms with Crippen molar-refractivity contribution in [1.29, 1.82) is 0 Å². The molecule has 20 heavy (non-hydrogen) atoms. The van der Waals surface area contributed by atoms with Crippen LogP contribution in [0.5, 0.6) is 0 Å². The normalized spacial score (nSPS) is 28.2. The second-order valence-corrected chi connectivity index (χ2v) is 5.14. The largest absolute Gasteiger partial charge is 0.617 e. The summed E-state index contributed by atoms with van der Waals surface area (Å²) in [7, 11) is 0. The van der Waals surface area contributed by atoms with Crippen molar-refractivity contribution in [3.63, 3.8) is 0 Å². The minimum absolute atomic E-state index is 0.0260. The number of hydrogen-bond acceptors (Lipinski definition) is 5. The molecule has 2 unspecified atom stereocenters. The van der Waals surface area contributed by atoms with Gasteiger partial charge >= 0.3 is 12.5 Å². The van der Waals surface area contributed by atoms with Crippen LogP contribution in [0.2, 0.25) is 0 Å². The molecule has 0 spiro atoms. The SMILES string of the molecule is Cc1ccccc1NC(=O)[B-]12OC(=O)C[C+]1CC(O)O2. The predicted molar refractivity (Wildman–Crippen MR) is 71.6 cm³/mol. The monoisotopic (exact) mass is 275 g/mol. The maximum Gasteiger partial charge on any atom is 0.590 e. The second-order valence-electron chi connectivity index (χ2n) is 5.14. The number of rotatable bonds is 2. The van der Waals surface area contributed by atoms with Gasteiger partial charge in [0.15, 0.2) is 12.1 Å². The Bertz CT molecular complexity index is 578. The fraction of sp³-hybridized carbons (Fsp3) is 0.308. The fourth-order valence-electron chi connectivity index (χ4n) is 2.72. The molecule has 0 saturated carbocycles. The number of carbonyl (C=O) groups excluding carboxylic acids is 2. The van der Waals surface area contributed by atoms with Gasteiger partial charge in [0.05, 0.1) is 6.42 Å². The molecular weight excluding hydrogens is 261 g/mol. The van der Waals surface area contributed by atoms with Gasteiger partial charge in [0, 0.05) is 5.69 Å². The summed E-state index contributed by atoms with van der Waals surface area (Å²) in [6, 6.07) is 7.26. The van der Waals surface area contributed by atoms with Gasteiger partial charge in [-0.1, -0.05) is 18.2 Å². The predicted octanol–water partition coefficient (Wildman–Crippen LogP) is 1.35. The van der Waals surface area contributed by atoms with Crippen molar-refractivity contribution in [2.75, 3.05) is 5.32 Å². The van der Waals surface area contributed by atoms with E-state index in [9.17, 15) is 14.7 Å². The Kier molecular flexibility index (Phi) is 2.95. The van der Waals surface area contributed by atoms with E-state index in [0.717, 1.165) is 5.56 Å². The number of aliphatic hydroxyl groups is 1. The molecule has 1 aromatic carbocycles. The summed E-state index contributed by atoms with van der Waals surface area (Å²) in [5.41, 5.74) is 1.51. The highest BCUT2D eigenvalue weighted by atomic mass is 16.7. The molecular formula is C13H14BNO5. The van der Waals surface area contributed by atoms with Gasteiger partial charge in [-0.05, 0) is 24.4 Å². The molecule has 2 N–H and O–H groups in total. The summed E-state index contributed by atoms with van der Waals surface area (Å²) in [6.45, 7) is -0.681. The van der Waals surface area contributed by atoms with Gasteiger partial charge in [-0.2, -0.15) is 0 Å². The number of hydrogen-bond donors (Lipinski definition) is 2. The highest BCUT2D eigenvalue weighted by molar-refractivity contribution is 7.04. The van der Waals surface area contributed by atoms with Crippen LogP contribution in [0.1, 0.15) is 18.4 Å². The van der Waals surface area contributed by atoms with E-state index in [4.69, 9.17) is 9.31 Å². The molecule has 0 aliphatic carbocycles. The fourth-order valence-corrected chi connectivity index (χ4v) is 2.72. The third-order valence-electron chi connectivity index (χ3n) is 3.74. The van der Waals surface area contributed by atoms with Crippen molar-refractivity contribution >= 4 is 24.0 Å². The summed E-state index contributed by atoms with van der Waals surface area (Å²) in [5, 5.41) is 12.3. The smallest absolute Gasteiger partial charge is 0.590 e. The number of benzene rings is 1. The van der Waals surface area contributed by atoms with Crippen LogP contribution in [0.25, 0.3) is 0 Å². The molecule has 1 amide bonds. The van der Waals surface area contributed by atoms with Crippen LogP contribution in [-0.2, 0) is 14.1 Å². The number of nitrogens with one attached hydrogen (secondary N) is 1. The zero-order valence-electron chi connectivity index (χ0n) is 11.0. The first-order valence-corrected chi connectivity index (χ1v) is 6.45. The standard InChI is InChI=1S/C13H14BNO5/c1-8-4-2-3-5-10(8)15-13(18)14-9(6-11(16)19-14)7-12(17)20-14/h2-5,11,16H,6-7H2,1H3,(H,15,18). The molecule has 2 heterocycles. The number of fused-ring (bicyclic) bond motifs is 1. The lowest BCUT2D eigenvalue weighted by Crippen LogP contribution is -2.52. The average Bonchev–Trinajstić information content (AvgIpc) is 2.84. The van der Waals surface area contributed by atoms with Gasteiger partial charge in [0.1, 0.15) is 6.42 Å². The number of aliphatic hydroxyl groups excluding tert-OH is 1. The van der Waals surface area contributed by atoms with Crippen LogP contribution in [0.15, 0.2) is 24.3 Å². The Labute approximate surface area is 116 Å². The maximum absolute atomic E-state index is 12.4. The Balaban J connectivity index is 1.86. The third kappa shape index (κ3) is 1.95. The van der Waals surface area contributed by atoms with Crippen molar-refractivity contribution < 1.29 is 24.0 Å². The summed E-state index contributed by atoms with van der Waals surface area (Å²) in [5.74, 6) is -0.503. The number of para-hydroxylation sites is 1. The molecule has 0 radical (unpaired) electrons. The van der Waals surface area contributed by atoms with E-state index in [1.807, 2.05) is 19.1 Å². The first kappa shape index (κ1) is 13.0. The number of anilines is 1. The zero-order valence-corrected chi connectivity index (χ0v) is 11.0. The first-order valence-electron chi connectivity index (χ1n) is 6.45. The lowest BCUT2D eigenvalue weighted by molar-refractivity contribution is -0.135. The molecule has 3 rings (SSSR count). The minimum atomic E-state index is -2.54. The van der Waals surface area contributed by atoms with Crippen molar-refractivity contribution in [2.45, 2.75) is 26.1 Å². The van der Waals surface area contributed by atoms with E-state index >= 15 is 0 Å². The van der Waals surface area contributed by atoms with Crippen molar-refractivity contribution in [1.82, 2.24) is 0 Å².